The van der Waals surface area contributed by atoms with Crippen molar-refractivity contribution < 1.29 is 9.47 Å². The highest BCUT2D eigenvalue weighted by atomic mass is 16.5. The largest absolute Gasteiger partial charge is 0.497 e. The third-order valence-corrected chi connectivity index (χ3v) is 3.84. The molecule has 2 aliphatic heterocycles. The van der Waals surface area contributed by atoms with Crippen LogP contribution in [0.1, 0.15) is 0 Å². The van der Waals surface area contributed by atoms with Gasteiger partial charge in [-0.05, 0) is 5.10 Å². The minimum atomic E-state index is 0.0485. The van der Waals surface area contributed by atoms with Gasteiger partial charge in [-0.2, -0.15) is 10.1 Å². The number of aromatic amines is 1. The molecule has 9 heteroatoms. The Bertz CT molecular complexity index is 892. The summed E-state index contributed by atoms with van der Waals surface area (Å²) in [5.74, 6) is 3.21. The Labute approximate surface area is 143 Å². The van der Waals surface area contributed by atoms with Gasteiger partial charge >= 0.3 is 0 Å². The van der Waals surface area contributed by atoms with E-state index < -0.39 is 0 Å². The first-order chi connectivity index (χ1) is 12.2. The smallest absolute Gasteiger partial charge is 0.288 e. The second-order valence-electron chi connectivity index (χ2n) is 5.32. The van der Waals surface area contributed by atoms with E-state index in [1.54, 1.807) is 38.9 Å². The SMILES string of the molecule is COc1cc(NC2=N[N+]3(c4ccn[nH]4)C=CN=CC3=N2)cc(OC)c1. The van der Waals surface area contributed by atoms with E-state index >= 15 is 0 Å². The molecule has 2 aliphatic rings. The molecule has 0 spiro atoms. The molecule has 0 saturated heterocycles. The van der Waals surface area contributed by atoms with E-state index in [9.17, 15) is 0 Å². The number of nitrogens with zero attached hydrogens (tertiary/aromatic N) is 5. The highest BCUT2D eigenvalue weighted by Crippen LogP contribution is 2.30. The van der Waals surface area contributed by atoms with Crippen molar-refractivity contribution in [2.75, 3.05) is 19.5 Å². The van der Waals surface area contributed by atoms with Gasteiger partial charge in [0.2, 0.25) is 0 Å². The number of amidine groups is 1. The van der Waals surface area contributed by atoms with E-state index in [0.29, 0.717) is 23.3 Å². The molecular formula is C16H16N7O2+. The summed E-state index contributed by atoms with van der Waals surface area (Å²) < 4.78 is 10.6. The summed E-state index contributed by atoms with van der Waals surface area (Å²) in [5.41, 5.74) is 0.753. The van der Waals surface area contributed by atoms with E-state index in [4.69, 9.17) is 14.6 Å². The number of aromatic nitrogens is 2. The third-order valence-electron chi connectivity index (χ3n) is 3.84. The lowest BCUT2D eigenvalue weighted by molar-refractivity contribution is 0.395. The summed E-state index contributed by atoms with van der Waals surface area (Å²) in [6.45, 7) is 0. The Hall–Kier alpha value is -3.46. The second-order valence-corrected chi connectivity index (χ2v) is 5.32. The lowest BCUT2D eigenvalue weighted by Gasteiger charge is -2.21. The number of guanidine groups is 1. The number of fused-ring (bicyclic) bond motifs is 1. The topological polar surface area (TPSA) is 96.2 Å². The van der Waals surface area contributed by atoms with Crippen LogP contribution in [0.3, 0.4) is 0 Å². The first kappa shape index (κ1) is 15.1. The van der Waals surface area contributed by atoms with Gasteiger partial charge < -0.3 is 14.8 Å². The van der Waals surface area contributed by atoms with Crippen LogP contribution >= 0.6 is 0 Å². The number of H-pyrrole nitrogens is 1. The second kappa shape index (κ2) is 5.87. The number of quaternary nitrogens is 1. The number of nitrogens with one attached hydrogen (secondary N) is 2. The van der Waals surface area contributed by atoms with Crippen molar-refractivity contribution in [3.63, 3.8) is 0 Å². The Morgan fingerprint density at radius 2 is 1.92 bits per heavy atom. The lowest BCUT2D eigenvalue weighted by Crippen LogP contribution is -2.44. The molecule has 1 unspecified atom stereocenters. The first-order valence-corrected chi connectivity index (χ1v) is 7.53. The number of benzene rings is 1. The van der Waals surface area contributed by atoms with Crippen molar-refractivity contribution >= 4 is 29.5 Å². The third kappa shape index (κ3) is 2.56. The molecule has 0 saturated carbocycles. The van der Waals surface area contributed by atoms with Gasteiger partial charge in [0.1, 0.15) is 17.7 Å². The molecule has 4 rings (SSSR count). The number of rotatable bonds is 4. The van der Waals surface area contributed by atoms with Gasteiger partial charge in [0, 0.05) is 30.0 Å². The summed E-state index contributed by atoms with van der Waals surface area (Å²) in [6, 6.07) is 7.32. The van der Waals surface area contributed by atoms with Crippen LogP contribution in [-0.4, -0.2) is 42.4 Å². The van der Waals surface area contributed by atoms with Gasteiger partial charge in [0.05, 0.1) is 26.6 Å². The summed E-state index contributed by atoms with van der Waals surface area (Å²) >= 11 is 0. The monoisotopic (exact) mass is 338 g/mol. The Kier molecular flexibility index (Phi) is 3.55. The zero-order valence-electron chi connectivity index (χ0n) is 13.7. The van der Waals surface area contributed by atoms with Crippen LogP contribution in [-0.2, 0) is 0 Å². The molecule has 1 aromatic carbocycles. The van der Waals surface area contributed by atoms with Crippen LogP contribution in [0.15, 0.2) is 57.9 Å². The number of ether oxygens (including phenoxy) is 2. The van der Waals surface area contributed by atoms with Gasteiger partial charge in [0.15, 0.2) is 6.20 Å². The van der Waals surface area contributed by atoms with Crippen LogP contribution in [0, 0.1) is 0 Å². The van der Waals surface area contributed by atoms with E-state index in [1.165, 1.54) is 0 Å². The zero-order valence-corrected chi connectivity index (χ0v) is 13.7. The molecule has 0 aliphatic carbocycles. The first-order valence-electron chi connectivity index (χ1n) is 7.53. The molecule has 126 valence electrons. The molecular weight excluding hydrogens is 322 g/mol. The Balaban J connectivity index is 1.71. The predicted molar refractivity (Wildman–Crippen MR) is 96.1 cm³/mol. The number of hydrogen-bond donors (Lipinski definition) is 2. The van der Waals surface area contributed by atoms with Crippen LogP contribution in [0.4, 0.5) is 11.5 Å². The molecule has 2 N–H and O–H groups in total. The fraction of sp³-hybridized carbons (Fsp3) is 0.125. The van der Waals surface area contributed by atoms with E-state index in [2.05, 4.69) is 25.5 Å². The normalized spacial score (nSPS) is 20.7. The Morgan fingerprint density at radius 1 is 1.12 bits per heavy atom. The molecule has 0 amide bonds. The molecule has 1 aromatic heterocycles. The quantitative estimate of drug-likeness (QED) is 0.834. The zero-order chi connectivity index (χ0) is 17.3. The van der Waals surface area contributed by atoms with Gasteiger partial charge in [-0.1, -0.05) is 4.59 Å². The average molecular weight is 338 g/mol. The van der Waals surface area contributed by atoms with Crippen molar-refractivity contribution in [1.82, 2.24) is 14.8 Å². The summed E-state index contributed by atoms with van der Waals surface area (Å²) in [4.78, 5) is 8.69. The lowest BCUT2D eigenvalue weighted by atomic mass is 10.3. The number of anilines is 1. The van der Waals surface area contributed by atoms with Gasteiger partial charge in [0.25, 0.3) is 17.6 Å². The van der Waals surface area contributed by atoms with Crippen molar-refractivity contribution in [2.45, 2.75) is 0 Å². The maximum Gasteiger partial charge on any atom is 0.288 e. The molecule has 1 atom stereocenters. The van der Waals surface area contributed by atoms with Crippen molar-refractivity contribution in [2.24, 2.45) is 15.1 Å². The van der Waals surface area contributed by atoms with Gasteiger partial charge in [-0.3, -0.25) is 4.99 Å². The van der Waals surface area contributed by atoms with Gasteiger partial charge in [-0.15, -0.1) is 0 Å². The summed E-state index contributed by atoms with van der Waals surface area (Å²) in [6.07, 6.45) is 6.85. The number of aliphatic imine (C=N–C) groups is 2. The molecule has 0 radical (unpaired) electrons. The van der Waals surface area contributed by atoms with Gasteiger partial charge in [-0.25, -0.2) is 5.10 Å². The standard InChI is InChI=1S/C16H16N7O2/c1-24-12-7-11(8-13(9-12)25-2)19-16-20-15-10-17-5-6-23(15,22-16)14-3-4-18-21-14/h3-10H,1-2H3,(H,18,21)(H,19,22)/q+1. The molecule has 0 fully saturated rings. The molecule has 0 bridgehead atoms. The van der Waals surface area contributed by atoms with E-state index in [-0.39, 0.29) is 4.59 Å². The number of methoxy groups -OCH3 is 2. The minimum Gasteiger partial charge on any atom is -0.497 e. The maximum atomic E-state index is 5.29. The molecule has 2 aromatic rings. The maximum absolute atomic E-state index is 5.29. The highest BCUT2D eigenvalue weighted by molar-refractivity contribution is 6.38. The summed E-state index contributed by atoms with van der Waals surface area (Å²) in [5, 5.41) is 14.8. The highest BCUT2D eigenvalue weighted by Gasteiger charge is 2.44. The predicted octanol–water partition coefficient (Wildman–Crippen LogP) is 2.08. The molecule has 9 nitrogen and oxygen atoms in total. The Morgan fingerprint density at radius 3 is 2.60 bits per heavy atom. The van der Waals surface area contributed by atoms with Crippen molar-refractivity contribution in [1.29, 1.82) is 0 Å². The molecule has 25 heavy (non-hydrogen) atoms. The minimum absolute atomic E-state index is 0.0485. The van der Waals surface area contributed by atoms with Crippen LogP contribution in [0.25, 0.3) is 0 Å². The van der Waals surface area contributed by atoms with Crippen molar-refractivity contribution in [3.8, 4) is 11.5 Å². The van der Waals surface area contributed by atoms with Crippen LogP contribution in [0.5, 0.6) is 11.5 Å². The fourth-order valence-electron chi connectivity index (χ4n) is 2.64. The van der Waals surface area contributed by atoms with E-state index in [1.807, 2.05) is 24.4 Å². The van der Waals surface area contributed by atoms with Crippen molar-refractivity contribution in [3.05, 3.63) is 42.9 Å². The number of hydrogen-bond acceptors (Lipinski definition) is 7. The summed E-state index contributed by atoms with van der Waals surface area (Å²) in [7, 11) is 3.21. The van der Waals surface area contributed by atoms with E-state index in [0.717, 1.165) is 11.5 Å². The fourth-order valence-corrected chi connectivity index (χ4v) is 2.64. The average Bonchev–Trinajstić information content (AvgIpc) is 3.29. The van der Waals surface area contributed by atoms with Crippen LogP contribution in [0.2, 0.25) is 0 Å². The van der Waals surface area contributed by atoms with Crippen LogP contribution < -0.4 is 19.4 Å². The molecule has 3 heterocycles.